The third-order valence-electron chi connectivity index (χ3n) is 5.68. The average molecular weight is 453 g/mol. The van der Waals surface area contributed by atoms with Crippen molar-refractivity contribution in [3.63, 3.8) is 0 Å². The zero-order valence-corrected chi connectivity index (χ0v) is 18.5. The van der Waals surface area contributed by atoms with E-state index in [0.717, 1.165) is 5.56 Å². The van der Waals surface area contributed by atoms with Crippen molar-refractivity contribution in [1.29, 1.82) is 0 Å². The van der Waals surface area contributed by atoms with Crippen molar-refractivity contribution in [3.05, 3.63) is 70.5 Å². The molecule has 5 nitrogen and oxygen atoms in total. The van der Waals surface area contributed by atoms with Gasteiger partial charge in [-0.3, -0.25) is 4.79 Å². The fourth-order valence-corrected chi connectivity index (χ4v) is 5.69. The SMILES string of the molecule is CCCS(=O)(=O)N1CCC(CNC(=O)c2ccccc2Cl)(c2cccc(F)c2)CC1. The van der Waals surface area contributed by atoms with E-state index < -0.39 is 15.4 Å². The van der Waals surface area contributed by atoms with Gasteiger partial charge in [0.15, 0.2) is 0 Å². The van der Waals surface area contributed by atoms with Gasteiger partial charge in [-0.25, -0.2) is 17.1 Å². The Balaban J connectivity index is 1.82. The number of carbonyl (C=O) groups is 1. The number of nitrogens with one attached hydrogen (secondary N) is 1. The van der Waals surface area contributed by atoms with Crippen molar-refractivity contribution in [2.75, 3.05) is 25.4 Å². The maximum absolute atomic E-state index is 14.0. The largest absolute Gasteiger partial charge is 0.351 e. The maximum Gasteiger partial charge on any atom is 0.252 e. The van der Waals surface area contributed by atoms with Gasteiger partial charge >= 0.3 is 0 Å². The molecule has 8 heteroatoms. The molecule has 0 unspecified atom stereocenters. The molecule has 2 aromatic rings. The molecule has 1 aliphatic rings. The second-order valence-corrected chi connectivity index (χ2v) is 10.2. The molecular weight excluding hydrogens is 427 g/mol. The fraction of sp³-hybridized carbons (Fsp3) is 0.409. The lowest BCUT2D eigenvalue weighted by molar-refractivity contribution is 0.0933. The molecule has 162 valence electrons. The number of halogens is 2. The predicted molar refractivity (Wildman–Crippen MR) is 117 cm³/mol. The molecule has 0 aliphatic carbocycles. The molecule has 0 bridgehead atoms. The van der Waals surface area contributed by atoms with E-state index in [2.05, 4.69) is 5.32 Å². The van der Waals surface area contributed by atoms with Crippen molar-refractivity contribution in [3.8, 4) is 0 Å². The van der Waals surface area contributed by atoms with Crippen LogP contribution in [0, 0.1) is 5.82 Å². The van der Waals surface area contributed by atoms with Gasteiger partial charge in [0.25, 0.3) is 5.91 Å². The fourth-order valence-electron chi connectivity index (χ4n) is 3.96. The Bertz CT molecular complexity index is 1000. The number of carbonyl (C=O) groups excluding carboxylic acids is 1. The molecule has 1 heterocycles. The molecular formula is C22H26ClFN2O3S. The third kappa shape index (κ3) is 5.02. The summed E-state index contributed by atoms with van der Waals surface area (Å²) in [7, 11) is -3.30. The molecule has 30 heavy (non-hydrogen) atoms. The van der Waals surface area contributed by atoms with Crippen molar-refractivity contribution in [2.24, 2.45) is 0 Å². The highest BCUT2D eigenvalue weighted by molar-refractivity contribution is 7.89. The molecule has 3 rings (SSSR count). The summed E-state index contributed by atoms with van der Waals surface area (Å²) in [6.07, 6.45) is 1.53. The van der Waals surface area contributed by atoms with Gasteiger partial charge in [0.05, 0.1) is 16.3 Å². The molecule has 0 aromatic heterocycles. The second-order valence-electron chi connectivity index (χ2n) is 7.67. The van der Waals surface area contributed by atoms with E-state index >= 15 is 0 Å². The highest BCUT2D eigenvalue weighted by Gasteiger charge is 2.39. The summed E-state index contributed by atoms with van der Waals surface area (Å²) in [6.45, 7) is 2.77. The summed E-state index contributed by atoms with van der Waals surface area (Å²) in [4.78, 5) is 12.7. The quantitative estimate of drug-likeness (QED) is 0.690. The van der Waals surface area contributed by atoms with Crippen LogP contribution in [0.4, 0.5) is 4.39 Å². The van der Waals surface area contributed by atoms with Crippen LogP contribution in [0.25, 0.3) is 0 Å². The summed E-state index contributed by atoms with van der Waals surface area (Å²) in [6, 6.07) is 13.1. The predicted octanol–water partition coefficient (Wildman–Crippen LogP) is 3.98. The summed E-state index contributed by atoms with van der Waals surface area (Å²) >= 11 is 6.13. The monoisotopic (exact) mass is 452 g/mol. The standard InChI is InChI=1S/C22H26ClFN2O3S/c1-2-14-30(28,29)26-12-10-22(11-13-26,17-6-5-7-18(24)15-17)16-25-21(27)19-8-3-4-9-20(19)23/h3-9,15H,2,10-14,16H2,1H3,(H,25,27). The van der Waals surface area contributed by atoms with Gasteiger partial charge in [-0.05, 0) is 49.1 Å². The molecule has 0 atom stereocenters. The average Bonchev–Trinajstić information content (AvgIpc) is 2.72. The van der Waals surface area contributed by atoms with E-state index in [1.165, 1.54) is 16.4 Å². The van der Waals surface area contributed by atoms with E-state index in [0.29, 0.717) is 42.9 Å². The minimum atomic E-state index is -3.30. The number of rotatable bonds is 7. The Morgan fingerprint density at radius 1 is 1.17 bits per heavy atom. The normalized spacial score (nSPS) is 16.9. The van der Waals surface area contributed by atoms with Crippen LogP contribution in [-0.2, 0) is 15.4 Å². The van der Waals surface area contributed by atoms with Crippen molar-refractivity contribution < 1.29 is 17.6 Å². The smallest absolute Gasteiger partial charge is 0.252 e. The van der Waals surface area contributed by atoms with Crippen LogP contribution in [-0.4, -0.2) is 44.0 Å². The Labute approximate surface area is 182 Å². The van der Waals surface area contributed by atoms with Gasteiger partial charge in [-0.15, -0.1) is 0 Å². The van der Waals surface area contributed by atoms with Gasteiger partial charge in [0, 0.05) is 25.0 Å². The van der Waals surface area contributed by atoms with Crippen molar-refractivity contribution >= 4 is 27.5 Å². The maximum atomic E-state index is 14.0. The Morgan fingerprint density at radius 2 is 1.87 bits per heavy atom. The van der Waals surface area contributed by atoms with Gasteiger partial charge in [0.2, 0.25) is 10.0 Å². The molecule has 1 aliphatic heterocycles. The first kappa shape index (κ1) is 22.7. The molecule has 1 N–H and O–H groups in total. The summed E-state index contributed by atoms with van der Waals surface area (Å²) in [5.41, 5.74) is 0.572. The minimum absolute atomic E-state index is 0.114. The Morgan fingerprint density at radius 3 is 2.50 bits per heavy atom. The van der Waals surface area contributed by atoms with E-state index in [4.69, 9.17) is 11.6 Å². The number of piperidine rings is 1. The Hall–Kier alpha value is -1.96. The van der Waals surface area contributed by atoms with Gasteiger partial charge < -0.3 is 5.32 Å². The van der Waals surface area contributed by atoms with Crippen LogP contribution in [0.3, 0.4) is 0 Å². The number of amides is 1. The lowest BCUT2D eigenvalue weighted by Gasteiger charge is -2.42. The summed E-state index contributed by atoms with van der Waals surface area (Å²) in [5.74, 6) is -0.550. The van der Waals surface area contributed by atoms with Gasteiger partial charge in [-0.1, -0.05) is 42.8 Å². The molecule has 2 aromatic carbocycles. The van der Waals surface area contributed by atoms with Crippen LogP contribution >= 0.6 is 11.6 Å². The van der Waals surface area contributed by atoms with Crippen molar-refractivity contribution in [2.45, 2.75) is 31.6 Å². The van der Waals surface area contributed by atoms with E-state index in [1.807, 2.05) is 13.0 Å². The molecule has 1 fully saturated rings. The lowest BCUT2D eigenvalue weighted by atomic mass is 9.73. The first-order valence-corrected chi connectivity index (χ1v) is 12.0. The number of nitrogens with zero attached hydrogens (tertiary/aromatic N) is 1. The third-order valence-corrected chi connectivity index (χ3v) is 8.08. The van der Waals surface area contributed by atoms with E-state index in [1.54, 1.807) is 30.3 Å². The molecule has 0 radical (unpaired) electrons. The zero-order chi connectivity index (χ0) is 21.8. The molecule has 0 saturated carbocycles. The van der Waals surface area contributed by atoms with Gasteiger partial charge in [0.1, 0.15) is 5.82 Å². The van der Waals surface area contributed by atoms with Crippen molar-refractivity contribution in [1.82, 2.24) is 9.62 Å². The van der Waals surface area contributed by atoms with Crippen LogP contribution in [0.2, 0.25) is 5.02 Å². The molecule has 0 spiro atoms. The van der Waals surface area contributed by atoms with Crippen LogP contribution in [0.1, 0.15) is 42.1 Å². The first-order valence-electron chi connectivity index (χ1n) is 10.0. The molecule has 1 amide bonds. The van der Waals surface area contributed by atoms with Gasteiger partial charge in [-0.2, -0.15) is 0 Å². The lowest BCUT2D eigenvalue weighted by Crippen LogP contribution is -2.50. The van der Waals surface area contributed by atoms with Crippen LogP contribution < -0.4 is 5.32 Å². The molecule has 1 saturated heterocycles. The highest BCUT2D eigenvalue weighted by Crippen LogP contribution is 2.36. The van der Waals surface area contributed by atoms with Crippen LogP contribution in [0.15, 0.2) is 48.5 Å². The number of hydrogen-bond acceptors (Lipinski definition) is 3. The first-order chi connectivity index (χ1) is 14.3. The number of hydrogen-bond donors (Lipinski definition) is 1. The minimum Gasteiger partial charge on any atom is -0.351 e. The van der Waals surface area contributed by atoms with E-state index in [9.17, 15) is 17.6 Å². The second kappa shape index (κ2) is 9.45. The number of benzene rings is 2. The topological polar surface area (TPSA) is 66.5 Å². The zero-order valence-electron chi connectivity index (χ0n) is 16.9. The number of sulfonamides is 1. The highest BCUT2D eigenvalue weighted by atomic mass is 35.5. The summed E-state index contributed by atoms with van der Waals surface area (Å²) < 4.78 is 40.4. The Kier molecular flexibility index (Phi) is 7.16. The summed E-state index contributed by atoms with van der Waals surface area (Å²) in [5, 5.41) is 3.29. The van der Waals surface area contributed by atoms with E-state index in [-0.39, 0.29) is 24.0 Å². The van der Waals surface area contributed by atoms with Crippen LogP contribution in [0.5, 0.6) is 0 Å².